The molecule has 1 aromatic rings. The van der Waals surface area contributed by atoms with E-state index >= 15 is 0 Å². The van der Waals surface area contributed by atoms with Crippen LogP contribution < -0.4 is 0 Å². The first-order valence-electron chi connectivity index (χ1n) is 9.57. The second-order valence-corrected chi connectivity index (χ2v) is 6.96. The van der Waals surface area contributed by atoms with Gasteiger partial charge >= 0.3 is 12.1 Å². The minimum absolute atomic E-state index is 0.171. The maximum Gasteiger partial charge on any atom is 0.419 e. The molecule has 1 aliphatic heterocycles. The van der Waals surface area contributed by atoms with Crippen LogP contribution in [0.4, 0.5) is 17.6 Å². The zero-order valence-corrected chi connectivity index (χ0v) is 15.9. The zero-order valence-electron chi connectivity index (χ0n) is 15.9. The van der Waals surface area contributed by atoms with Gasteiger partial charge in [-0.3, -0.25) is 9.59 Å². The molecule has 1 amide bonds. The molecular weight excluding hydrogens is 378 g/mol. The Morgan fingerprint density at radius 1 is 1.14 bits per heavy atom. The van der Waals surface area contributed by atoms with Gasteiger partial charge < -0.3 is 9.64 Å². The van der Waals surface area contributed by atoms with E-state index in [1.165, 1.54) is 4.90 Å². The zero-order chi connectivity index (χ0) is 20.7. The molecule has 1 heterocycles. The lowest BCUT2D eigenvalue weighted by molar-refractivity contribution is -0.150. The van der Waals surface area contributed by atoms with Crippen LogP contribution >= 0.6 is 0 Å². The number of alkyl halides is 3. The number of esters is 1. The number of amides is 1. The summed E-state index contributed by atoms with van der Waals surface area (Å²) in [5.41, 5.74) is -2.06. The van der Waals surface area contributed by atoms with Crippen molar-refractivity contribution in [1.82, 2.24) is 4.90 Å². The summed E-state index contributed by atoms with van der Waals surface area (Å²) in [5.74, 6) is -3.01. The van der Waals surface area contributed by atoms with Crippen LogP contribution in [0.1, 0.15) is 61.4 Å². The van der Waals surface area contributed by atoms with E-state index in [0.29, 0.717) is 25.5 Å². The SMILES string of the molecule is CCCCCCOC(=O)C1CCN(C(=O)c2cccc(C(F)(F)F)c2F)CC1. The standard InChI is InChI=1S/C20H25F4NO3/c1-2-3-4-5-13-28-19(27)14-9-11-25(12-10-14)18(26)15-7-6-8-16(17(15)21)20(22,23)24/h6-8,14H,2-5,9-13H2,1H3. The minimum Gasteiger partial charge on any atom is -0.465 e. The first-order chi connectivity index (χ1) is 13.3. The third kappa shape index (κ3) is 5.69. The summed E-state index contributed by atoms with van der Waals surface area (Å²) in [6, 6.07) is 2.67. The first-order valence-corrected chi connectivity index (χ1v) is 9.57. The number of carbonyl (C=O) groups excluding carboxylic acids is 2. The Bertz CT molecular complexity index is 683. The summed E-state index contributed by atoms with van der Waals surface area (Å²) in [7, 11) is 0. The van der Waals surface area contributed by atoms with Gasteiger partial charge in [0.25, 0.3) is 5.91 Å². The molecule has 4 nitrogen and oxygen atoms in total. The van der Waals surface area contributed by atoms with Crippen molar-refractivity contribution in [3.63, 3.8) is 0 Å². The van der Waals surface area contributed by atoms with Crippen molar-refractivity contribution in [2.45, 2.75) is 51.6 Å². The molecule has 0 radical (unpaired) electrons. The average molecular weight is 403 g/mol. The third-order valence-electron chi connectivity index (χ3n) is 4.89. The van der Waals surface area contributed by atoms with Gasteiger partial charge in [-0.2, -0.15) is 13.2 Å². The van der Waals surface area contributed by atoms with Gasteiger partial charge in [0.1, 0.15) is 5.82 Å². The number of nitrogens with zero attached hydrogens (tertiary/aromatic N) is 1. The number of halogens is 4. The van der Waals surface area contributed by atoms with Gasteiger partial charge in [-0.05, 0) is 31.4 Å². The maximum atomic E-state index is 14.2. The molecule has 0 saturated carbocycles. The van der Waals surface area contributed by atoms with E-state index in [0.717, 1.165) is 37.8 Å². The summed E-state index contributed by atoms with van der Waals surface area (Å²) in [4.78, 5) is 25.8. The van der Waals surface area contributed by atoms with E-state index in [9.17, 15) is 27.2 Å². The molecule has 0 unspecified atom stereocenters. The van der Waals surface area contributed by atoms with Crippen LogP contribution in [0, 0.1) is 11.7 Å². The van der Waals surface area contributed by atoms with Crippen LogP contribution in [0.2, 0.25) is 0 Å². The second kappa shape index (κ2) is 9.89. The highest BCUT2D eigenvalue weighted by molar-refractivity contribution is 5.95. The molecule has 0 atom stereocenters. The van der Waals surface area contributed by atoms with Gasteiger partial charge in [0.2, 0.25) is 0 Å². The van der Waals surface area contributed by atoms with Crippen LogP contribution in [-0.4, -0.2) is 36.5 Å². The number of unbranched alkanes of at least 4 members (excludes halogenated alkanes) is 3. The Kier molecular flexibility index (Phi) is 7.83. The van der Waals surface area contributed by atoms with Crippen molar-refractivity contribution >= 4 is 11.9 Å². The monoisotopic (exact) mass is 403 g/mol. The summed E-state index contributed by atoms with van der Waals surface area (Å²) < 4.78 is 57.9. The van der Waals surface area contributed by atoms with Crippen LogP contribution in [0.15, 0.2) is 18.2 Å². The lowest BCUT2D eigenvalue weighted by Crippen LogP contribution is -2.41. The molecule has 8 heteroatoms. The number of hydrogen-bond acceptors (Lipinski definition) is 3. The molecule has 156 valence electrons. The van der Waals surface area contributed by atoms with Crippen molar-refractivity contribution in [2.75, 3.05) is 19.7 Å². The number of carbonyl (C=O) groups is 2. The highest BCUT2D eigenvalue weighted by Crippen LogP contribution is 2.33. The minimum atomic E-state index is -4.87. The van der Waals surface area contributed by atoms with Crippen LogP contribution in [-0.2, 0) is 15.7 Å². The number of rotatable bonds is 7. The van der Waals surface area contributed by atoms with Gasteiger partial charge in [0.05, 0.1) is 23.7 Å². The predicted octanol–water partition coefficient (Wildman–Crippen LogP) is 4.82. The molecule has 0 bridgehead atoms. The van der Waals surface area contributed by atoms with E-state index in [4.69, 9.17) is 4.74 Å². The lowest BCUT2D eigenvalue weighted by atomic mass is 9.96. The Labute approximate surface area is 161 Å². The molecule has 0 aromatic heterocycles. The Morgan fingerprint density at radius 2 is 1.82 bits per heavy atom. The summed E-state index contributed by atoms with van der Waals surface area (Å²) in [6.45, 7) is 2.80. The fraction of sp³-hybridized carbons (Fsp3) is 0.600. The van der Waals surface area contributed by atoms with Crippen LogP contribution in [0.25, 0.3) is 0 Å². The number of benzene rings is 1. The largest absolute Gasteiger partial charge is 0.465 e. The molecular formula is C20H25F4NO3. The molecule has 1 aliphatic rings. The van der Waals surface area contributed by atoms with Crippen LogP contribution in [0.3, 0.4) is 0 Å². The molecule has 0 aliphatic carbocycles. The molecule has 1 saturated heterocycles. The Morgan fingerprint density at radius 3 is 2.43 bits per heavy atom. The Hall–Kier alpha value is -2.12. The van der Waals surface area contributed by atoms with Crippen molar-refractivity contribution in [3.8, 4) is 0 Å². The maximum absolute atomic E-state index is 14.2. The van der Waals surface area contributed by atoms with Gasteiger partial charge in [-0.25, -0.2) is 4.39 Å². The smallest absolute Gasteiger partial charge is 0.419 e. The summed E-state index contributed by atoms with van der Waals surface area (Å²) in [6.07, 6.45) is -0.184. The van der Waals surface area contributed by atoms with E-state index < -0.39 is 29.0 Å². The molecule has 1 fully saturated rings. The van der Waals surface area contributed by atoms with Gasteiger partial charge in [0, 0.05) is 13.1 Å². The molecule has 0 spiro atoms. The second-order valence-electron chi connectivity index (χ2n) is 6.96. The highest BCUT2D eigenvalue weighted by Gasteiger charge is 2.37. The fourth-order valence-electron chi connectivity index (χ4n) is 3.22. The van der Waals surface area contributed by atoms with Crippen molar-refractivity contribution in [3.05, 3.63) is 35.1 Å². The number of piperidine rings is 1. The van der Waals surface area contributed by atoms with Crippen molar-refractivity contribution < 1.29 is 31.9 Å². The number of ether oxygens (including phenoxy) is 1. The highest BCUT2D eigenvalue weighted by atomic mass is 19.4. The van der Waals surface area contributed by atoms with Gasteiger partial charge in [-0.15, -0.1) is 0 Å². The topological polar surface area (TPSA) is 46.6 Å². The van der Waals surface area contributed by atoms with E-state index in [1.54, 1.807) is 0 Å². The molecule has 0 N–H and O–H groups in total. The summed E-state index contributed by atoms with van der Waals surface area (Å²) in [5, 5.41) is 0. The quantitative estimate of drug-likeness (QED) is 0.373. The van der Waals surface area contributed by atoms with Gasteiger partial charge in [0.15, 0.2) is 0 Å². The van der Waals surface area contributed by atoms with Crippen molar-refractivity contribution in [2.24, 2.45) is 5.92 Å². The normalized spacial score (nSPS) is 15.5. The number of hydrogen-bond donors (Lipinski definition) is 0. The first kappa shape index (κ1) is 22.2. The van der Waals surface area contributed by atoms with E-state index in [2.05, 4.69) is 6.92 Å². The predicted molar refractivity (Wildman–Crippen MR) is 95.1 cm³/mol. The van der Waals surface area contributed by atoms with E-state index in [-0.39, 0.29) is 25.0 Å². The Balaban J connectivity index is 1.90. The number of likely N-dealkylation sites (tertiary alicyclic amines) is 1. The van der Waals surface area contributed by atoms with Gasteiger partial charge in [-0.1, -0.05) is 32.3 Å². The third-order valence-corrected chi connectivity index (χ3v) is 4.89. The summed E-state index contributed by atoms with van der Waals surface area (Å²) >= 11 is 0. The fourth-order valence-corrected chi connectivity index (χ4v) is 3.22. The lowest BCUT2D eigenvalue weighted by Gasteiger charge is -2.31. The van der Waals surface area contributed by atoms with Crippen LogP contribution in [0.5, 0.6) is 0 Å². The molecule has 28 heavy (non-hydrogen) atoms. The molecule has 2 rings (SSSR count). The van der Waals surface area contributed by atoms with Crippen molar-refractivity contribution in [1.29, 1.82) is 0 Å². The average Bonchev–Trinajstić information content (AvgIpc) is 2.66. The van der Waals surface area contributed by atoms with E-state index in [1.807, 2.05) is 0 Å². The molecule has 1 aromatic carbocycles.